The van der Waals surface area contributed by atoms with Gasteiger partial charge in [0.15, 0.2) is 11.6 Å². The second-order valence-corrected chi connectivity index (χ2v) is 11.4. The zero-order valence-corrected chi connectivity index (χ0v) is 27.2. The molecule has 3 aromatic rings. The normalized spacial score (nSPS) is 11.1. The van der Waals surface area contributed by atoms with E-state index in [2.05, 4.69) is 35.7 Å². The lowest BCUT2D eigenvalue weighted by molar-refractivity contribution is 0.290. The summed E-state index contributed by atoms with van der Waals surface area (Å²) in [5.74, 6) is 2.28. The largest absolute Gasteiger partial charge is 0.507 e. The van der Waals surface area contributed by atoms with Crippen LogP contribution in [0.2, 0.25) is 0 Å². The van der Waals surface area contributed by atoms with Crippen molar-refractivity contribution in [3.05, 3.63) is 36.4 Å². The molecule has 242 valence electrons. The maximum absolute atomic E-state index is 10.8. The lowest BCUT2D eigenvalue weighted by Crippen LogP contribution is -2.03. The van der Waals surface area contributed by atoms with Crippen LogP contribution in [0.5, 0.6) is 29.0 Å². The van der Waals surface area contributed by atoms with Crippen molar-refractivity contribution >= 4 is 0 Å². The SMILES string of the molecule is CCCCCCCOc1ccc(-c2nc(O)nc(-c3ccc(OCCCCCCC)cc3OCCCCCCC)n2)c(O)c1. The smallest absolute Gasteiger partial charge is 0.318 e. The molecule has 0 saturated heterocycles. The summed E-state index contributed by atoms with van der Waals surface area (Å²) in [4.78, 5) is 13.0. The van der Waals surface area contributed by atoms with Crippen molar-refractivity contribution in [2.45, 2.75) is 117 Å². The number of phenolic OH excluding ortho intramolecular Hbond substituents is 1. The minimum Gasteiger partial charge on any atom is -0.507 e. The number of aromatic nitrogens is 3. The van der Waals surface area contributed by atoms with Gasteiger partial charge in [0.1, 0.15) is 23.0 Å². The third-order valence-corrected chi connectivity index (χ3v) is 7.57. The Bertz CT molecular complexity index is 1240. The van der Waals surface area contributed by atoms with E-state index >= 15 is 0 Å². The predicted molar refractivity (Wildman–Crippen MR) is 177 cm³/mol. The van der Waals surface area contributed by atoms with Crippen molar-refractivity contribution in [1.29, 1.82) is 0 Å². The third-order valence-electron chi connectivity index (χ3n) is 7.57. The second-order valence-electron chi connectivity index (χ2n) is 11.4. The Morgan fingerprint density at radius 1 is 0.500 bits per heavy atom. The standard InChI is InChI=1S/C36H53N3O5/c1-4-7-10-13-16-23-42-28-19-21-30(32(40)26-28)34-37-35(39-36(41)38-34)31-22-20-29(43-24-17-14-11-8-5-2)27-33(31)44-25-18-15-12-9-6-3/h19-22,26-27,40H,4-18,23-25H2,1-3H3,(H,37,38,39,41). The van der Waals surface area contributed by atoms with Gasteiger partial charge in [-0.05, 0) is 43.5 Å². The van der Waals surface area contributed by atoms with E-state index in [1.165, 1.54) is 57.8 Å². The number of phenols is 1. The molecule has 0 aliphatic rings. The van der Waals surface area contributed by atoms with E-state index in [1.54, 1.807) is 18.2 Å². The molecule has 0 bridgehead atoms. The van der Waals surface area contributed by atoms with E-state index in [0.29, 0.717) is 42.4 Å². The Kier molecular flexibility index (Phi) is 16.2. The van der Waals surface area contributed by atoms with Crippen LogP contribution in [0.25, 0.3) is 22.8 Å². The van der Waals surface area contributed by atoms with Crippen LogP contribution in [0, 0.1) is 0 Å². The van der Waals surface area contributed by atoms with Crippen LogP contribution in [0.3, 0.4) is 0 Å². The molecule has 0 aliphatic carbocycles. The minimum absolute atomic E-state index is 0.0312. The molecule has 0 radical (unpaired) electrons. The molecule has 0 spiro atoms. The van der Waals surface area contributed by atoms with Crippen LogP contribution in [-0.2, 0) is 0 Å². The molecule has 1 heterocycles. The minimum atomic E-state index is -0.435. The van der Waals surface area contributed by atoms with Gasteiger partial charge < -0.3 is 24.4 Å². The summed E-state index contributed by atoms with van der Waals surface area (Å²) in [5, 5.41) is 21.3. The number of hydrogen-bond donors (Lipinski definition) is 2. The van der Waals surface area contributed by atoms with Gasteiger partial charge >= 0.3 is 6.01 Å². The maximum Gasteiger partial charge on any atom is 0.318 e. The number of unbranched alkanes of at least 4 members (excludes halogenated alkanes) is 12. The average Bonchev–Trinajstić information content (AvgIpc) is 3.02. The predicted octanol–water partition coefficient (Wildman–Crippen LogP) is 9.66. The summed E-state index contributed by atoms with van der Waals surface area (Å²) in [6.07, 6.45) is 17.2. The molecule has 0 atom stereocenters. The molecule has 2 N–H and O–H groups in total. The molecule has 2 aromatic carbocycles. The highest BCUT2D eigenvalue weighted by molar-refractivity contribution is 5.70. The zero-order valence-electron chi connectivity index (χ0n) is 27.2. The molecule has 0 saturated carbocycles. The average molecular weight is 608 g/mol. The van der Waals surface area contributed by atoms with Crippen LogP contribution in [0.4, 0.5) is 0 Å². The topological polar surface area (TPSA) is 107 Å². The van der Waals surface area contributed by atoms with Crippen LogP contribution in [-0.4, -0.2) is 45.0 Å². The van der Waals surface area contributed by atoms with Gasteiger partial charge in [-0.2, -0.15) is 9.97 Å². The van der Waals surface area contributed by atoms with Gasteiger partial charge in [0.25, 0.3) is 0 Å². The Morgan fingerprint density at radius 2 is 0.955 bits per heavy atom. The van der Waals surface area contributed by atoms with Crippen molar-refractivity contribution in [2.24, 2.45) is 0 Å². The molecular weight excluding hydrogens is 554 g/mol. The summed E-state index contributed by atoms with van der Waals surface area (Å²) in [6.45, 7) is 8.41. The van der Waals surface area contributed by atoms with E-state index < -0.39 is 6.01 Å². The first-order chi connectivity index (χ1) is 21.5. The Hall–Kier alpha value is -3.55. The number of hydrogen-bond acceptors (Lipinski definition) is 8. The molecule has 0 amide bonds. The molecule has 8 nitrogen and oxygen atoms in total. The first-order valence-corrected chi connectivity index (χ1v) is 16.9. The van der Waals surface area contributed by atoms with Crippen LogP contribution in [0.15, 0.2) is 36.4 Å². The van der Waals surface area contributed by atoms with Gasteiger partial charge in [-0.1, -0.05) is 97.8 Å². The number of rotatable bonds is 23. The van der Waals surface area contributed by atoms with Gasteiger partial charge in [0, 0.05) is 12.1 Å². The van der Waals surface area contributed by atoms with E-state index in [1.807, 2.05) is 18.2 Å². The third kappa shape index (κ3) is 12.2. The van der Waals surface area contributed by atoms with Crippen LogP contribution < -0.4 is 14.2 Å². The number of ether oxygens (including phenoxy) is 3. The summed E-state index contributed by atoms with van der Waals surface area (Å²) in [6, 6.07) is 10.2. The van der Waals surface area contributed by atoms with Crippen molar-refractivity contribution in [3.63, 3.8) is 0 Å². The number of nitrogens with zero attached hydrogens (tertiary/aromatic N) is 3. The summed E-state index contributed by atoms with van der Waals surface area (Å²) in [5.41, 5.74) is 0.996. The first-order valence-electron chi connectivity index (χ1n) is 16.9. The highest BCUT2D eigenvalue weighted by Gasteiger charge is 2.17. The quantitative estimate of drug-likeness (QED) is 0.103. The highest BCUT2D eigenvalue weighted by atomic mass is 16.5. The number of benzene rings is 2. The summed E-state index contributed by atoms with van der Waals surface area (Å²) >= 11 is 0. The van der Waals surface area contributed by atoms with Gasteiger partial charge in [0.05, 0.1) is 30.9 Å². The van der Waals surface area contributed by atoms with Gasteiger partial charge in [-0.3, -0.25) is 0 Å². The van der Waals surface area contributed by atoms with Crippen molar-refractivity contribution in [1.82, 2.24) is 15.0 Å². The van der Waals surface area contributed by atoms with Crippen molar-refractivity contribution in [3.8, 4) is 51.8 Å². The van der Waals surface area contributed by atoms with Crippen LogP contribution >= 0.6 is 0 Å². The lowest BCUT2D eigenvalue weighted by atomic mass is 10.1. The fraction of sp³-hybridized carbons (Fsp3) is 0.583. The molecule has 1 aromatic heterocycles. The molecule has 0 aliphatic heterocycles. The summed E-state index contributed by atoms with van der Waals surface area (Å²) < 4.78 is 18.1. The second kappa shape index (κ2) is 20.4. The maximum atomic E-state index is 10.8. The van der Waals surface area contributed by atoms with Gasteiger partial charge in [0.2, 0.25) is 0 Å². The van der Waals surface area contributed by atoms with Crippen LogP contribution in [0.1, 0.15) is 117 Å². The van der Waals surface area contributed by atoms with Crippen molar-refractivity contribution in [2.75, 3.05) is 19.8 Å². The lowest BCUT2D eigenvalue weighted by Gasteiger charge is -2.14. The van der Waals surface area contributed by atoms with E-state index in [4.69, 9.17) is 14.2 Å². The molecular formula is C36H53N3O5. The Balaban J connectivity index is 1.76. The zero-order chi connectivity index (χ0) is 31.4. The van der Waals surface area contributed by atoms with E-state index in [0.717, 1.165) is 44.3 Å². The molecule has 0 fully saturated rings. The molecule has 3 rings (SSSR count). The van der Waals surface area contributed by atoms with Gasteiger partial charge in [-0.25, -0.2) is 4.98 Å². The highest BCUT2D eigenvalue weighted by Crippen LogP contribution is 2.36. The molecule has 0 unspecified atom stereocenters. The fourth-order valence-corrected chi connectivity index (χ4v) is 4.97. The Morgan fingerprint density at radius 3 is 1.48 bits per heavy atom. The van der Waals surface area contributed by atoms with Crippen molar-refractivity contribution < 1.29 is 24.4 Å². The number of aromatic hydroxyl groups is 2. The summed E-state index contributed by atoms with van der Waals surface area (Å²) in [7, 11) is 0. The Labute approximate surface area is 264 Å². The molecule has 8 heteroatoms. The monoisotopic (exact) mass is 607 g/mol. The first kappa shape index (κ1) is 34.9. The molecule has 44 heavy (non-hydrogen) atoms. The van der Waals surface area contributed by atoms with E-state index in [9.17, 15) is 10.2 Å². The fourth-order valence-electron chi connectivity index (χ4n) is 4.97. The van der Waals surface area contributed by atoms with E-state index in [-0.39, 0.29) is 17.4 Å². The van der Waals surface area contributed by atoms with Gasteiger partial charge in [-0.15, -0.1) is 0 Å².